The van der Waals surface area contributed by atoms with Crippen LogP contribution < -0.4 is 15.4 Å². The molecule has 0 spiro atoms. The van der Waals surface area contributed by atoms with Gasteiger partial charge in [0.15, 0.2) is 12.0 Å². The van der Waals surface area contributed by atoms with Crippen molar-refractivity contribution < 1.29 is 23.8 Å². The quantitative estimate of drug-likeness (QED) is 0.377. The molecule has 13 nitrogen and oxygen atoms in total. The first-order chi connectivity index (χ1) is 22.0. The normalized spacial score (nSPS) is 22.5. The first-order valence-corrected chi connectivity index (χ1v) is 15.4. The van der Waals surface area contributed by atoms with Crippen LogP contribution >= 0.6 is 0 Å². The minimum Gasteiger partial charge on any atom is -0.486 e. The lowest BCUT2D eigenvalue weighted by molar-refractivity contribution is -0.0748. The number of halogens is 1. The fourth-order valence-corrected chi connectivity index (χ4v) is 5.94. The van der Waals surface area contributed by atoms with Gasteiger partial charge >= 0.3 is 6.03 Å². The highest BCUT2D eigenvalue weighted by Crippen LogP contribution is 2.29. The number of hydrogen-bond acceptors (Lipinski definition) is 11. The van der Waals surface area contributed by atoms with Crippen LogP contribution in [0.3, 0.4) is 0 Å². The second kappa shape index (κ2) is 14.2. The third-order valence-corrected chi connectivity index (χ3v) is 8.62. The summed E-state index contributed by atoms with van der Waals surface area (Å²) >= 11 is 0. The van der Waals surface area contributed by atoms with E-state index in [0.717, 1.165) is 57.9 Å². The zero-order valence-electron chi connectivity index (χ0n) is 25.1. The van der Waals surface area contributed by atoms with Crippen LogP contribution in [0.15, 0.2) is 48.1 Å². The topological polar surface area (TPSA) is 152 Å². The van der Waals surface area contributed by atoms with Crippen LogP contribution in [-0.4, -0.2) is 125 Å². The van der Waals surface area contributed by atoms with Gasteiger partial charge in [0.1, 0.15) is 24.3 Å². The number of aliphatic hydroxyl groups is 1. The Kier molecular flexibility index (Phi) is 9.68. The van der Waals surface area contributed by atoms with Crippen LogP contribution in [0.1, 0.15) is 24.8 Å². The number of nitriles is 1. The number of likely N-dealkylation sites (tertiary alicyclic amines) is 1. The molecular formula is C31H38FN9O4. The van der Waals surface area contributed by atoms with Crippen molar-refractivity contribution in [1.82, 2.24) is 35.0 Å². The maximum Gasteiger partial charge on any atom is 0.317 e. The highest BCUT2D eigenvalue weighted by Gasteiger charge is 2.34. The van der Waals surface area contributed by atoms with E-state index in [0.29, 0.717) is 29.9 Å². The van der Waals surface area contributed by atoms with Gasteiger partial charge in [-0.05, 0) is 43.2 Å². The van der Waals surface area contributed by atoms with Gasteiger partial charge in [-0.3, -0.25) is 4.90 Å². The van der Waals surface area contributed by atoms with E-state index in [1.165, 1.54) is 16.9 Å². The van der Waals surface area contributed by atoms with E-state index in [1.54, 1.807) is 18.2 Å². The number of carbonyl (C=O) groups excluding carboxylic acids is 1. The Morgan fingerprint density at radius 2 is 2.00 bits per heavy atom. The maximum absolute atomic E-state index is 14.9. The number of nitrogens with one attached hydrogen (secondary N) is 2. The number of amides is 2. The van der Waals surface area contributed by atoms with Gasteiger partial charge in [-0.2, -0.15) is 10.2 Å². The standard InChI is InChI=1S/C31H38FN9O4/c32-26-17-41(31(43)34-8-14-42)9-7-28(26)45-27-6-1-21(15-22(27)16-33)29-35-20-36-30(38-29)37-23-2-4-24(5-3-23)39-10-12-40(13-11-39)25-18-44-19-25/h1-2,4,6,15,20,25-26,28,42H,3,5,7-14,17-19H2,(H,34,43)(H,35,36,37,38)/t26-,28+/m1/s1. The number of piperazine rings is 1. The summed E-state index contributed by atoms with van der Waals surface area (Å²) < 4.78 is 26.2. The zero-order valence-corrected chi connectivity index (χ0v) is 25.1. The summed E-state index contributed by atoms with van der Waals surface area (Å²) in [6.45, 7) is 5.99. The smallest absolute Gasteiger partial charge is 0.317 e. The molecule has 0 saturated carbocycles. The number of benzene rings is 1. The molecule has 3 N–H and O–H groups in total. The Bertz CT molecular complexity index is 1470. The van der Waals surface area contributed by atoms with Crippen molar-refractivity contribution in [3.8, 4) is 23.2 Å². The third kappa shape index (κ3) is 7.33. The van der Waals surface area contributed by atoms with Gasteiger partial charge in [-0.15, -0.1) is 0 Å². The van der Waals surface area contributed by atoms with Crippen molar-refractivity contribution in [2.45, 2.75) is 37.6 Å². The predicted molar refractivity (Wildman–Crippen MR) is 163 cm³/mol. The number of nitrogens with zero attached hydrogens (tertiary/aromatic N) is 7. The van der Waals surface area contributed by atoms with Crippen molar-refractivity contribution in [3.63, 3.8) is 0 Å². The molecule has 238 valence electrons. The van der Waals surface area contributed by atoms with Crippen molar-refractivity contribution in [2.75, 3.05) is 71.0 Å². The summed E-state index contributed by atoms with van der Waals surface area (Å²) in [6.07, 6.45) is 5.49. The Morgan fingerprint density at radius 1 is 1.16 bits per heavy atom. The van der Waals surface area contributed by atoms with Crippen molar-refractivity contribution in [1.29, 1.82) is 5.26 Å². The highest BCUT2D eigenvalue weighted by molar-refractivity contribution is 5.74. The summed E-state index contributed by atoms with van der Waals surface area (Å²) in [7, 11) is 0. The van der Waals surface area contributed by atoms with Crippen molar-refractivity contribution in [2.24, 2.45) is 0 Å². The van der Waals surface area contributed by atoms with E-state index >= 15 is 0 Å². The van der Waals surface area contributed by atoms with Gasteiger partial charge in [-0.1, -0.05) is 0 Å². The summed E-state index contributed by atoms with van der Waals surface area (Å²) in [5.41, 5.74) is 3.19. The first kappa shape index (κ1) is 30.7. The lowest BCUT2D eigenvalue weighted by Gasteiger charge is -2.44. The van der Waals surface area contributed by atoms with Crippen LogP contribution in [0.4, 0.5) is 15.1 Å². The van der Waals surface area contributed by atoms with E-state index in [1.807, 2.05) is 0 Å². The molecule has 4 aliphatic rings. The maximum atomic E-state index is 14.9. The van der Waals surface area contributed by atoms with Crippen LogP contribution in [0.2, 0.25) is 0 Å². The van der Waals surface area contributed by atoms with Gasteiger partial charge in [0.05, 0.1) is 38.0 Å². The number of carbonyl (C=O) groups is 1. The number of alkyl halides is 1. The number of hydrogen-bond donors (Lipinski definition) is 3. The SMILES string of the molecule is N#Cc1cc(-c2ncnc(NC3=CC=C(N4CCN(C5COC5)CC4)CC3)n2)ccc1O[C@H]1CCN(C(=O)NCCO)C[C@H]1F. The number of ether oxygens (including phenoxy) is 2. The highest BCUT2D eigenvalue weighted by atomic mass is 19.1. The van der Waals surface area contributed by atoms with Gasteiger partial charge in [0, 0.05) is 62.6 Å². The molecule has 2 amide bonds. The van der Waals surface area contributed by atoms with Gasteiger partial charge in [-0.25, -0.2) is 19.2 Å². The third-order valence-electron chi connectivity index (χ3n) is 8.62. The number of piperidine rings is 1. The molecule has 14 heteroatoms. The predicted octanol–water partition coefficient (Wildman–Crippen LogP) is 1.89. The fraction of sp³-hybridized carbons (Fsp3) is 0.516. The average Bonchev–Trinajstić information content (AvgIpc) is 3.05. The molecule has 1 aliphatic carbocycles. The second-order valence-corrected chi connectivity index (χ2v) is 11.5. The summed E-state index contributed by atoms with van der Waals surface area (Å²) in [4.78, 5) is 31.6. The Hall–Kier alpha value is -4.32. The molecule has 1 aromatic carbocycles. The Balaban J connectivity index is 1.05. The summed E-state index contributed by atoms with van der Waals surface area (Å²) in [6, 6.07) is 7.25. The number of anilines is 1. The van der Waals surface area contributed by atoms with Crippen LogP contribution in [0.25, 0.3) is 11.4 Å². The molecule has 0 bridgehead atoms. The molecule has 3 fully saturated rings. The van der Waals surface area contributed by atoms with E-state index in [2.05, 4.69) is 53.6 Å². The Morgan fingerprint density at radius 3 is 2.69 bits per heavy atom. The molecule has 3 saturated heterocycles. The average molecular weight is 620 g/mol. The number of aliphatic hydroxyl groups excluding tert-OH is 1. The lowest BCUT2D eigenvalue weighted by atomic mass is 10.1. The van der Waals surface area contributed by atoms with Crippen molar-refractivity contribution >= 4 is 12.0 Å². The number of allylic oxidation sites excluding steroid dienone is 4. The Labute approximate surface area is 261 Å². The fourth-order valence-electron chi connectivity index (χ4n) is 5.94. The largest absolute Gasteiger partial charge is 0.486 e. The molecular weight excluding hydrogens is 581 g/mol. The number of rotatable bonds is 9. The zero-order chi connectivity index (χ0) is 31.2. The van der Waals surface area contributed by atoms with Crippen LogP contribution in [-0.2, 0) is 4.74 Å². The summed E-state index contributed by atoms with van der Waals surface area (Å²) in [5, 5.41) is 24.6. The van der Waals surface area contributed by atoms with E-state index in [-0.39, 0.29) is 37.4 Å². The molecule has 1 aromatic heterocycles. The number of urea groups is 1. The molecule has 0 radical (unpaired) electrons. The second-order valence-electron chi connectivity index (χ2n) is 11.5. The lowest BCUT2D eigenvalue weighted by Crippen LogP contribution is -2.56. The number of aromatic nitrogens is 3. The van der Waals surface area contributed by atoms with Gasteiger partial charge in [0.2, 0.25) is 5.95 Å². The van der Waals surface area contributed by atoms with Crippen LogP contribution in [0.5, 0.6) is 5.75 Å². The summed E-state index contributed by atoms with van der Waals surface area (Å²) in [5.74, 6) is 1.06. The minimum absolute atomic E-state index is 0.106. The molecule has 2 aromatic rings. The molecule has 45 heavy (non-hydrogen) atoms. The minimum atomic E-state index is -1.43. The van der Waals surface area contributed by atoms with E-state index < -0.39 is 18.3 Å². The molecule has 3 aliphatic heterocycles. The first-order valence-electron chi connectivity index (χ1n) is 15.4. The van der Waals surface area contributed by atoms with E-state index in [4.69, 9.17) is 14.6 Å². The monoisotopic (exact) mass is 619 g/mol. The van der Waals surface area contributed by atoms with E-state index in [9.17, 15) is 14.4 Å². The van der Waals surface area contributed by atoms with Gasteiger partial charge in [0.25, 0.3) is 0 Å². The van der Waals surface area contributed by atoms with Crippen molar-refractivity contribution in [3.05, 3.63) is 53.6 Å². The molecule has 6 rings (SSSR count). The molecule has 0 unspecified atom stereocenters. The van der Waals surface area contributed by atoms with Crippen LogP contribution in [0, 0.1) is 11.3 Å². The molecule has 4 heterocycles. The van der Waals surface area contributed by atoms with Gasteiger partial charge < -0.3 is 35.0 Å². The molecule has 2 atom stereocenters.